The molecule has 21 heavy (non-hydrogen) atoms. The Morgan fingerprint density at radius 3 is 2.71 bits per heavy atom. The van der Waals surface area contributed by atoms with Gasteiger partial charge in [0.1, 0.15) is 5.82 Å². The zero-order valence-corrected chi connectivity index (χ0v) is 13.6. The quantitative estimate of drug-likeness (QED) is 0.931. The van der Waals surface area contributed by atoms with Crippen molar-refractivity contribution in [3.05, 3.63) is 46.3 Å². The molecule has 0 radical (unpaired) electrons. The zero-order chi connectivity index (χ0) is 14.7. The molecule has 0 aliphatic carbocycles. The van der Waals surface area contributed by atoms with Gasteiger partial charge >= 0.3 is 0 Å². The predicted octanol–water partition coefficient (Wildman–Crippen LogP) is 3.77. The van der Waals surface area contributed by atoms with E-state index < -0.39 is 0 Å². The minimum Gasteiger partial charge on any atom is -0.356 e. The predicted molar refractivity (Wildman–Crippen MR) is 90.1 cm³/mol. The van der Waals surface area contributed by atoms with Crippen LogP contribution in [0.15, 0.2) is 35.7 Å². The molecule has 1 fully saturated rings. The van der Waals surface area contributed by atoms with Gasteiger partial charge in [0.25, 0.3) is 0 Å². The van der Waals surface area contributed by atoms with E-state index in [4.69, 9.17) is 0 Å². The normalized spacial score (nSPS) is 17.9. The van der Waals surface area contributed by atoms with Crippen molar-refractivity contribution in [3.63, 3.8) is 0 Å². The smallest absolute Gasteiger partial charge is 0.128 e. The fraction of sp³-hybridized carbons (Fsp3) is 0.471. The molecule has 2 aromatic rings. The molecule has 2 aromatic heterocycles. The fourth-order valence-electron chi connectivity index (χ4n) is 2.95. The monoisotopic (exact) mass is 301 g/mol. The van der Waals surface area contributed by atoms with Gasteiger partial charge < -0.3 is 10.2 Å². The highest BCUT2D eigenvalue weighted by Crippen LogP contribution is 2.23. The van der Waals surface area contributed by atoms with Crippen molar-refractivity contribution >= 4 is 17.2 Å². The number of aryl methyl sites for hydroxylation is 1. The SMILES string of the molecule is Cc1cccc(N2CCC(N[C@@H](C)c3cccs3)CC2)n1. The highest BCUT2D eigenvalue weighted by molar-refractivity contribution is 7.10. The number of nitrogens with zero attached hydrogens (tertiary/aromatic N) is 2. The first-order valence-electron chi connectivity index (χ1n) is 7.70. The summed E-state index contributed by atoms with van der Waals surface area (Å²) in [6, 6.07) is 11.7. The second kappa shape index (κ2) is 6.58. The van der Waals surface area contributed by atoms with Crippen molar-refractivity contribution in [1.29, 1.82) is 0 Å². The summed E-state index contributed by atoms with van der Waals surface area (Å²) in [5.74, 6) is 1.12. The Bertz CT molecular complexity index is 559. The maximum atomic E-state index is 4.63. The third-order valence-corrected chi connectivity index (χ3v) is 5.20. The number of hydrogen-bond donors (Lipinski definition) is 1. The molecule has 0 aromatic carbocycles. The lowest BCUT2D eigenvalue weighted by molar-refractivity contribution is 0.382. The second-order valence-corrected chi connectivity index (χ2v) is 6.78. The summed E-state index contributed by atoms with van der Waals surface area (Å²) in [5.41, 5.74) is 1.10. The first-order valence-corrected chi connectivity index (χ1v) is 8.58. The Morgan fingerprint density at radius 2 is 2.05 bits per heavy atom. The summed E-state index contributed by atoms with van der Waals surface area (Å²) in [5, 5.41) is 5.92. The third-order valence-electron chi connectivity index (χ3n) is 4.15. The van der Waals surface area contributed by atoms with E-state index in [1.807, 2.05) is 11.3 Å². The standard InChI is InChI=1S/C17H23N3S/c1-13-5-3-7-17(18-13)20-10-8-15(9-11-20)19-14(2)16-6-4-12-21-16/h3-7,12,14-15,19H,8-11H2,1-2H3/t14-/m0/s1. The summed E-state index contributed by atoms with van der Waals surface area (Å²) in [6.07, 6.45) is 2.37. The van der Waals surface area contributed by atoms with Gasteiger partial charge in [-0.05, 0) is 50.3 Å². The lowest BCUT2D eigenvalue weighted by Crippen LogP contribution is -2.43. The van der Waals surface area contributed by atoms with Crippen molar-refractivity contribution < 1.29 is 0 Å². The summed E-state index contributed by atoms with van der Waals surface area (Å²) >= 11 is 1.84. The van der Waals surface area contributed by atoms with Crippen LogP contribution in [0.5, 0.6) is 0 Å². The van der Waals surface area contributed by atoms with Gasteiger partial charge in [-0.1, -0.05) is 12.1 Å². The molecule has 3 heterocycles. The molecule has 1 saturated heterocycles. The first kappa shape index (κ1) is 14.5. The van der Waals surface area contributed by atoms with Gasteiger partial charge in [0.2, 0.25) is 0 Å². The molecule has 4 heteroatoms. The maximum absolute atomic E-state index is 4.63. The van der Waals surface area contributed by atoms with E-state index >= 15 is 0 Å². The summed E-state index contributed by atoms with van der Waals surface area (Å²) in [4.78, 5) is 8.46. The molecule has 1 aliphatic rings. The number of pyridine rings is 1. The van der Waals surface area contributed by atoms with Crippen LogP contribution in [0.25, 0.3) is 0 Å². The van der Waals surface area contributed by atoms with E-state index in [1.54, 1.807) is 0 Å². The second-order valence-electron chi connectivity index (χ2n) is 5.80. The van der Waals surface area contributed by atoms with Crippen molar-refractivity contribution in [2.45, 2.75) is 38.8 Å². The van der Waals surface area contributed by atoms with Crippen molar-refractivity contribution in [1.82, 2.24) is 10.3 Å². The van der Waals surface area contributed by atoms with Gasteiger partial charge in [-0.15, -0.1) is 11.3 Å². The third kappa shape index (κ3) is 3.63. The van der Waals surface area contributed by atoms with Gasteiger partial charge in [-0.2, -0.15) is 0 Å². The Hall–Kier alpha value is -1.39. The van der Waals surface area contributed by atoms with Crippen LogP contribution < -0.4 is 10.2 Å². The molecule has 1 aliphatic heterocycles. The lowest BCUT2D eigenvalue weighted by Gasteiger charge is -2.34. The minimum atomic E-state index is 0.457. The van der Waals surface area contributed by atoms with Crippen LogP contribution in [0, 0.1) is 6.92 Å². The number of nitrogens with one attached hydrogen (secondary N) is 1. The van der Waals surface area contributed by atoms with Gasteiger partial charge in [0.15, 0.2) is 0 Å². The Morgan fingerprint density at radius 1 is 1.24 bits per heavy atom. The Balaban J connectivity index is 1.53. The van der Waals surface area contributed by atoms with Gasteiger partial charge in [0, 0.05) is 35.7 Å². The number of thiophene rings is 1. The molecule has 0 bridgehead atoms. The number of piperidine rings is 1. The van der Waals surface area contributed by atoms with Crippen LogP contribution in [0.1, 0.15) is 36.4 Å². The largest absolute Gasteiger partial charge is 0.356 e. The van der Waals surface area contributed by atoms with Crippen LogP contribution in [0.2, 0.25) is 0 Å². The molecule has 0 amide bonds. The molecule has 3 nitrogen and oxygen atoms in total. The molecular weight excluding hydrogens is 278 g/mol. The summed E-state index contributed by atoms with van der Waals surface area (Å²) in [6.45, 7) is 6.50. The van der Waals surface area contributed by atoms with Crippen LogP contribution in [0.4, 0.5) is 5.82 Å². The van der Waals surface area contributed by atoms with E-state index in [2.05, 4.69) is 64.8 Å². The topological polar surface area (TPSA) is 28.2 Å². The molecular formula is C17H23N3S. The van der Waals surface area contributed by atoms with Crippen LogP contribution in [-0.2, 0) is 0 Å². The molecule has 3 rings (SSSR count). The molecule has 112 valence electrons. The molecule has 0 saturated carbocycles. The van der Waals surface area contributed by atoms with E-state index in [0.29, 0.717) is 12.1 Å². The summed E-state index contributed by atoms with van der Waals surface area (Å²) < 4.78 is 0. The van der Waals surface area contributed by atoms with Crippen molar-refractivity contribution in [3.8, 4) is 0 Å². The fourth-order valence-corrected chi connectivity index (χ4v) is 3.70. The zero-order valence-electron chi connectivity index (χ0n) is 12.7. The van der Waals surface area contributed by atoms with Gasteiger partial charge in [-0.25, -0.2) is 4.98 Å². The van der Waals surface area contributed by atoms with Crippen LogP contribution >= 0.6 is 11.3 Å². The number of aromatic nitrogens is 1. The van der Waals surface area contributed by atoms with Gasteiger partial charge in [-0.3, -0.25) is 0 Å². The number of rotatable bonds is 4. The molecule has 0 spiro atoms. The van der Waals surface area contributed by atoms with E-state index in [0.717, 1.165) is 24.6 Å². The summed E-state index contributed by atoms with van der Waals surface area (Å²) in [7, 11) is 0. The Labute approximate surface area is 131 Å². The first-order chi connectivity index (χ1) is 10.2. The lowest BCUT2D eigenvalue weighted by atomic mass is 10.0. The molecule has 0 unspecified atom stereocenters. The van der Waals surface area contributed by atoms with Crippen LogP contribution in [-0.4, -0.2) is 24.1 Å². The van der Waals surface area contributed by atoms with E-state index in [-0.39, 0.29) is 0 Å². The van der Waals surface area contributed by atoms with Gasteiger partial charge in [0.05, 0.1) is 0 Å². The minimum absolute atomic E-state index is 0.457. The molecule has 1 N–H and O–H groups in total. The maximum Gasteiger partial charge on any atom is 0.128 e. The number of anilines is 1. The van der Waals surface area contributed by atoms with Crippen LogP contribution in [0.3, 0.4) is 0 Å². The highest BCUT2D eigenvalue weighted by atomic mass is 32.1. The molecule has 1 atom stereocenters. The average Bonchev–Trinajstić information content (AvgIpc) is 3.02. The van der Waals surface area contributed by atoms with E-state index in [9.17, 15) is 0 Å². The Kier molecular flexibility index (Phi) is 4.56. The highest BCUT2D eigenvalue weighted by Gasteiger charge is 2.21. The van der Waals surface area contributed by atoms with Crippen molar-refractivity contribution in [2.24, 2.45) is 0 Å². The van der Waals surface area contributed by atoms with Crippen molar-refractivity contribution in [2.75, 3.05) is 18.0 Å². The average molecular weight is 301 g/mol. The number of hydrogen-bond acceptors (Lipinski definition) is 4. The van der Waals surface area contributed by atoms with E-state index in [1.165, 1.54) is 17.7 Å².